The third-order valence-electron chi connectivity index (χ3n) is 2.52. The Balaban J connectivity index is 2.09. The van der Waals surface area contributed by atoms with E-state index in [9.17, 15) is 8.42 Å². The lowest BCUT2D eigenvalue weighted by Gasteiger charge is -2.10. The quantitative estimate of drug-likeness (QED) is 0.814. The minimum Gasteiger partial charge on any atom is -0.212 e. The molecule has 2 N–H and O–H groups in total. The Bertz CT molecular complexity index is 720. The van der Waals surface area contributed by atoms with E-state index in [2.05, 4.69) is 25.3 Å². The first-order valence-corrected chi connectivity index (χ1v) is 7.38. The second-order valence-corrected chi connectivity index (χ2v) is 5.93. The van der Waals surface area contributed by atoms with Gasteiger partial charge in [0, 0.05) is 0 Å². The van der Waals surface area contributed by atoms with Crippen molar-refractivity contribution in [2.24, 2.45) is 0 Å². The summed E-state index contributed by atoms with van der Waals surface area (Å²) in [5.41, 5.74) is 0.959. The lowest BCUT2D eigenvalue weighted by Crippen LogP contribution is -2.28. The van der Waals surface area contributed by atoms with Crippen molar-refractivity contribution in [1.29, 1.82) is 5.26 Å². The van der Waals surface area contributed by atoms with Crippen molar-refractivity contribution in [3.8, 4) is 6.07 Å². The monoisotopic (exact) mass is 292 g/mol. The second-order valence-electron chi connectivity index (χ2n) is 4.18. The molecule has 0 bridgehead atoms. The Labute approximate surface area is 115 Å². The third kappa shape index (κ3) is 3.59. The number of sulfonamides is 1. The van der Waals surface area contributed by atoms with Crippen LogP contribution in [0.1, 0.15) is 29.9 Å². The predicted octanol–water partition coefficient (Wildman–Crippen LogP) is 0.252. The van der Waals surface area contributed by atoms with Crippen LogP contribution in [0, 0.1) is 11.3 Å². The Morgan fingerprint density at radius 3 is 2.95 bits per heavy atom. The first kappa shape index (κ1) is 14.1. The minimum absolute atomic E-state index is 0.218. The summed E-state index contributed by atoms with van der Waals surface area (Å²) in [6.07, 6.45) is 0. The van der Waals surface area contributed by atoms with Crippen molar-refractivity contribution in [2.75, 3.05) is 0 Å². The van der Waals surface area contributed by atoms with Gasteiger partial charge in [0.25, 0.3) is 0 Å². The number of nitriles is 1. The van der Waals surface area contributed by atoms with E-state index in [1.54, 1.807) is 25.1 Å². The highest BCUT2D eigenvalue weighted by Gasteiger charge is 2.19. The molecule has 0 saturated heterocycles. The van der Waals surface area contributed by atoms with Crippen molar-refractivity contribution in [2.45, 2.75) is 18.7 Å². The number of hydrogen-bond acceptors (Lipinski definition) is 6. The highest BCUT2D eigenvalue weighted by Crippen LogP contribution is 2.11. The second kappa shape index (κ2) is 5.77. The standard InChI is InChI=1S/C11H12N6O2S/c1-8(11-13-16-17-14-11)15-20(18,19)7-10-4-2-3-9(5-10)6-12/h2-5,8,15H,7H2,1H3,(H,13,14,16,17). The third-order valence-corrected chi connectivity index (χ3v) is 3.94. The van der Waals surface area contributed by atoms with Crippen LogP contribution in [0.5, 0.6) is 0 Å². The van der Waals surface area contributed by atoms with Gasteiger partial charge in [-0.15, -0.1) is 10.2 Å². The summed E-state index contributed by atoms with van der Waals surface area (Å²) in [5.74, 6) is 0.0457. The predicted molar refractivity (Wildman–Crippen MR) is 69.5 cm³/mol. The first-order chi connectivity index (χ1) is 9.50. The SMILES string of the molecule is CC(NS(=O)(=O)Cc1cccc(C#N)c1)c1nn[nH]n1. The van der Waals surface area contributed by atoms with Crippen LogP contribution in [0.4, 0.5) is 0 Å². The van der Waals surface area contributed by atoms with Gasteiger partial charge in [-0.05, 0) is 24.6 Å². The Morgan fingerprint density at radius 1 is 1.50 bits per heavy atom. The highest BCUT2D eigenvalue weighted by molar-refractivity contribution is 7.88. The molecule has 1 unspecified atom stereocenters. The van der Waals surface area contributed by atoms with Crippen LogP contribution >= 0.6 is 0 Å². The van der Waals surface area contributed by atoms with Gasteiger partial charge in [-0.1, -0.05) is 17.3 Å². The van der Waals surface area contributed by atoms with Crippen LogP contribution in [-0.2, 0) is 15.8 Å². The summed E-state index contributed by atoms with van der Waals surface area (Å²) >= 11 is 0. The van der Waals surface area contributed by atoms with Crippen molar-refractivity contribution in [1.82, 2.24) is 25.3 Å². The maximum atomic E-state index is 12.0. The molecule has 0 radical (unpaired) electrons. The number of nitrogens with zero attached hydrogens (tertiary/aromatic N) is 4. The molecule has 0 saturated carbocycles. The minimum atomic E-state index is -3.57. The van der Waals surface area contributed by atoms with Crippen molar-refractivity contribution >= 4 is 10.0 Å². The van der Waals surface area contributed by atoms with Crippen molar-refractivity contribution in [3.63, 3.8) is 0 Å². The number of aromatic amines is 1. The molecule has 0 aliphatic rings. The van der Waals surface area contributed by atoms with Gasteiger partial charge in [-0.3, -0.25) is 0 Å². The van der Waals surface area contributed by atoms with Crippen molar-refractivity contribution in [3.05, 3.63) is 41.2 Å². The zero-order valence-corrected chi connectivity index (χ0v) is 11.4. The number of hydrogen-bond donors (Lipinski definition) is 2. The number of aromatic nitrogens is 4. The molecule has 1 heterocycles. The molecular formula is C11H12N6O2S. The Kier molecular flexibility index (Phi) is 4.07. The van der Waals surface area contributed by atoms with Crippen LogP contribution in [0.15, 0.2) is 24.3 Å². The average Bonchev–Trinajstić information content (AvgIpc) is 2.91. The largest absolute Gasteiger partial charge is 0.216 e. The van der Waals surface area contributed by atoms with E-state index in [-0.39, 0.29) is 11.6 Å². The number of benzene rings is 1. The van der Waals surface area contributed by atoms with E-state index in [1.807, 2.05) is 6.07 Å². The van der Waals surface area contributed by atoms with E-state index >= 15 is 0 Å². The molecular weight excluding hydrogens is 280 g/mol. The van der Waals surface area contributed by atoms with Gasteiger partial charge in [-0.2, -0.15) is 10.5 Å². The highest BCUT2D eigenvalue weighted by atomic mass is 32.2. The molecule has 1 aromatic heterocycles. The molecule has 0 aliphatic carbocycles. The van der Waals surface area contributed by atoms with E-state index in [1.165, 1.54) is 6.07 Å². The van der Waals surface area contributed by atoms with Crippen LogP contribution in [0.2, 0.25) is 0 Å². The molecule has 0 fully saturated rings. The molecule has 0 aliphatic heterocycles. The molecule has 20 heavy (non-hydrogen) atoms. The van der Waals surface area contributed by atoms with Gasteiger partial charge in [-0.25, -0.2) is 13.1 Å². The van der Waals surface area contributed by atoms with Gasteiger partial charge >= 0.3 is 0 Å². The fraction of sp³-hybridized carbons (Fsp3) is 0.273. The summed E-state index contributed by atoms with van der Waals surface area (Å²) in [6, 6.07) is 7.84. The van der Waals surface area contributed by atoms with Crippen LogP contribution in [0.3, 0.4) is 0 Å². The summed E-state index contributed by atoms with van der Waals surface area (Å²) in [5, 5.41) is 21.9. The van der Waals surface area contributed by atoms with Crippen molar-refractivity contribution < 1.29 is 8.42 Å². The average molecular weight is 292 g/mol. The molecule has 2 rings (SSSR count). The molecule has 9 heteroatoms. The molecule has 1 aromatic carbocycles. The molecule has 0 amide bonds. The number of H-pyrrole nitrogens is 1. The normalized spacial score (nSPS) is 12.8. The zero-order chi connectivity index (χ0) is 14.6. The van der Waals surface area contributed by atoms with E-state index in [0.29, 0.717) is 11.1 Å². The van der Waals surface area contributed by atoms with E-state index in [4.69, 9.17) is 5.26 Å². The smallest absolute Gasteiger partial charge is 0.212 e. The number of nitrogens with one attached hydrogen (secondary N) is 2. The first-order valence-electron chi connectivity index (χ1n) is 5.72. The maximum absolute atomic E-state index is 12.0. The fourth-order valence-electron chi connectivity index (χ4n) is 1.67. The molecule has 1 atom stereocenters. The molecule has 0 spiro atoms. The van der Waals surface area contributed by atoms with Gasteiger partial charge < -0.3 is 0 Å². The zero-order valence-electron chi connectivity index (χ0n) is 10.6. The van der Waals surface area contributed by atoms with Crippen LogP contribution in [0.25, 0.3) is 0 Å². The van der Waals surface area contributed by atoms with Gasteiger partial charge in [0.1, 0.15) is 0 Å². The lowest BCUT2D eigenvalue weighted by atomic mass is 10.2. The van der Waals surface area contributed by atoms with E-state index < -0.39 is 16.1 Å². The fourth-order valence-corrected chi connectivity index (χ4v) is 3.01. The number of rotatable bonds is 5. The van der Waals surface area contributed by atoms with Gasteiger partial charge in [0.15, 0.2) is 5.82 Å². The van der Waals surface area contributed by atoms with Gasteiger partial charge in [0.05, 0.1) is 23.4 Å². The topological polar surface area (TPSA) is 124 Å². The van der Waals surface area contributed by atoms with E-state index in [0.717, 1.165) is 0 Å². The van der Waals surface area contributed by atoms with Gasteiger partial charge in [0.2, 0.25) is 10.0 Å². The van der Waals surface area contributed by atoms with Crippen LogP contribution in [-0.4, -0.2) is 29.0 Å². The summed E-state index contributed by atoms with van der Waals surface area (Å²) in [6.45, 7) is 1.62. The van der Waals surface area contributed by atoms with Crippen LogP contribution < -0.4 is 4.72 Å². The number of tetrazole rings is 1. The molecule has 8 nitrogen and oxygen atoms in total. The summed E-state index contributed by atoms with van der Waals surface area (Å²) in [7, 11) is -3.57. The lowest BCUT2D eigenvalue weighted by molar-refractivity contribution is 0.559. The molecule has 104 valence electrons. The maximum Gasteiger partial charge on any atom is 0.216 e. The summed E-state index contributed by atoms with van der Waals surface area (Å²) < 4.78 is 26.5. The Morgan fingerprint density at radius 2 is 2.30 bits per heavy atom. The Hall–Kier alpha value is -2.31. The molecule has 2 aromatic rings. The summed E-state index contributed by atoms with van der Waals surface area (Å²) in [4.78, 5) is 0.